The van der Waals surface area contributed by atoms with Crippen molar-refractivity contribution in [2.45, 2.75) is 6.36 Å². The van der Waals surface area contributed by atoms with E-state index in [4.69, 9.17) is 0 Å². The van der Waals surface area contributed by atoms with Crippen molar-refractivity contribution in [3.05, 3.63) is 34.4 Å². The van der Waals surface area contributed by atoms with Crippen LogP contribution in [-0.4, -0.2) is 29.1 Å². The molecule has 0 heterocycles. The largest absolute Gasteiger partial charge is 0.573 e. The highest BCUT2D eigenvalue weighted by atomic mass is 32.2. The average molecular weight is 294 g/mol. The molecular formula is C10H9F3N2O3S. The monoisotopic (exact) mass is 294 g/mol. The Bertz CT molecular complexity index is 474. The third-order valence-corrected chi connectivity index (χ3v) is 2.52. The van der Waals surface area contributed by atoms with Crippen LogP contribution in [0.25, 0.3) is 0 Å². The van der Waals surface area contributed by atoms with E-state index in [9.17, 15) is 23.3 Å². The molecule has 0 spiro atoms. The van der Waals surface area contributed by atoms with Crippen molar-refractivity contribution < 1.29 is 22.8 Å². The highest BCUT2D eigenvalue weighted by Gasteiger charge is 2.30. The first-order valence-electron chi connectivity index (χ1n) is 4.89. The Morgan fingerprint density at radius 2 is 2.00 bits per heavy atom. The van der Waals surface area contributed by atoms with Crippen molar-refractivity contribution in [2.75, 3.05) is 12.8 Å². The first-order valence-corrected chi connectivity index (χ1v) is 6.12. The molecule has 0 amide bonds. The molecule has 0 aliphatic carbocycles. The van der Waals surface area contributed by atoms with Gasteiger partial charge in [0.1, 0.15) is 10.8 Å². The second-order valence-electron chi connectivity index (χ2n) is 3.24. The van der Waals surface area contributed by atoms with Crippen LogP contribution in [0.15, 0.2) is 29.3 Å². The summed E-state index contributed by atoms with van der Waals surface area (Å²) in [6.45, 7) is -0.429. The molecule has 1 aromatic rings. The third kappa shape index (κ3) is 6.09. The minimum Gasteiger partial charge on any atom is -0.406 e. The fourth-order valence-electron chi connectivity index (χ4n) is 1.12. The zero-order valence-corrected chi connectivity index (χ0v) is 10.5. The molecule has 0 N–H and O–H groups in total. The van der Waals surface area contributed by atoms with E-state index in [1.165, 1.54) is 12.1 Å². The average Bonchev–Trinajstić information content (AvgIpc) is 2.28. The Labute approximate surface area is 110 Å². The summed E-state index contributed by atoms with van der Waals surface area (Å²) >= 11 is 1.10. The lowest BCUT2D eigenvalue weighted by atomic mass is 10.3. The molecule has 0 aliphatic heterocycles. The van der Waals surface area contributed by atoms with E-state index in [-0.39, 0.29) is 10.8 Å². The van der Waals surface area contributed by atoms with Crippen molar-refractivity contribution in [3.8, 4) is 5.75 Å². The predicted molar refractivity (Wildman–Crippen MR) is 65.6 cm³/mol. The van der Waals surface area contributed by atoms with E-state index < -0.39 is 17.8 Å². The minimum absolute atomic E-state index is 0.259. The van der Waals surface area contributed by atoms with Crippen molar-refractivity contribution in [1.29, 1.82) is 0 Å². The van der Waals surface area contributed by atoms with Crippen LogP contribution in [0.2, 0.25) is 0 Å². The Morgan fingerprint density at radius 1 is 1.42 bits per heavy atom. The van der Waals surface area contributed by atoms with Crippen molar-refractivity contribution >= 4 is 22.5 Å². The number of rotatable bonds is 4. The van der Waals surface area contributed by atoms with E-state index in [1.54, 1.807) is 6.26 Å². The fraction of sp³-hybridized carbons (Fsp3) is 0.300. The lowest BCUT2D eigenvalue weighted by Gasteiger charge is -2.08. The SMILES string of the molecule is CSC(C[N+](=O)[O-])=Nc1ccc(OC(F)(F)F)cc1. The molecule has 19 heavy (non-hydrogen) atoms. The summed E-state index contributed by atoms with van der Waals surface area (Å²) in [5.41, 5.74) is 0.320. The second kappa shape index (κ2) is 6.41. The Hall–Kier alpha value is -1.77. The van der Waals surface area contributed by atoms with E-state index in [1.807, 2.05) is 0 Å². The van der Waals surface area contributed by atoms with Crippen LogP contribution >= 0.6 is 11.8 Å². The van der Waals surface area contributed by atoms with Gasteiger partial charge in [0.2, 0.25) is 0 Å². The van der Waals surface area contributed by atoms with Crippen molar-refractivity contribution in [2.24, 2.45) is 4.99 Å². The number of ether oxygens (including phenoxy) is 1. The molecule has 104 valence electrons. The number of benzene rings is 1. The number of alkyl halides is 3. The summed E-state index contributed by atoms with van der Waals surface area (Å²) in [5.74, 6) is -0.369. The van der Waals surface area contributed by atoms with Gasteiger partial charge in [0, 0.05) is 4.92 Å². The Balaban J connectivity index is 2.80. The maximum atomic E-state index is 11.9. The lowest BCUT2D eigenvalue weighted by Crippen LogP contribution is -2.16. The van der Waals surface area contributed by atoms with Gasteiger partial charge in [-0.1, -0.05) is 0 Å². The molecule has 0 bridgehead atoms. The number of hydrogen-bond donors (Lipinski definition) is 0. The van der Waals surface area contributed by atoms with Gasteiger partial charge >= 0.3 is 6.36 Å². The van der Waals surface area contributed by atoms with Gasteiger partial charge in [-0.25, -0.2) is 4.99 Å². The van der Waals surface area contributed by atoms with E-state index in [2.05, 4.69) is 9.73 Å². The number of thioether (sulfide) groups is 1. The molecule has 5 nitrogen and oxygen atoms in total. The maximum Gasteiger partial charge on any atom is 0.573 e. The van der Waals surface area contributed by atoms with Crippen LogP contribution in [0.1, 0.15) is 0 Å². The molecule has 0 fully saturated rings. The van der Waals surface area contributed by atoms with Gasteiger partial charge in [0.15, 0.2) is 0 Å². The van der Waals surface area contributed by atoms with E-state index in [0.717, 1.165) is 23.9 Å². The van der Waals surface area contributed by atoms with Crippen LogP contribution in [-0.2, 0) is 0 Å². The summed E-state index contributed by atoms with van der Waals surface area (Å²) < 4.78 is 39.5. The van der Waals surface area contributed by atoms with Crippen molar-refractivity contribution in [3.63, 3.8) is 0 Å². The second-order valence-corrected chi connectivity index (χ2v) is 4.12. The van der Waals surface area contributed by atoms with Gasteiger partial charge < -0.3 is 4.74 Å². The van der Waals surface area contributed by atoms with Gasteiger partial charge in [0.25, 0.3) is 6.54 Å². The van der Waals surface area contributed by atoms with Crippen LogP contribution in [0.5, 0.6) is 5.75 Å². The van der Waals surface area contributed by atoms with E-state index >= 15 is 0 Å². The topological polar surface area (TPSA) is 64.7 Å². The van der Waals surface area contributed by atoms with Crippen molar-refractivity contribution in [1.82, 2.24) is 0 Å². The van der Waals surface area contributed by atoms with Crippen LogP contribution in [0.3, 0.4) is 0 Å². The standard InChI is InChI=1S/C10H9F3N2O3S/c1-19-9(6-15(16)17)14-7-2-4-8(5-3-7)18-10(11,12)13/h2-5H,6H2,1H3. The molecule has 0 saturated heterocycles. The number of nitro groups is 1. The number of halogens is 3. The molecule has 0 aliphatic rings. The molecule has 1 rings (SSSR count). The van der Waals surface area contributed by atoms with Gasteiger partial charge in [-0.05, 0) is 30.5 Å². The molecule has 0 unspecified atom stereocenters. The van der Waals surface area contributed by atoms with Gasteiger partial charge in [-0.3, -0.25) is 10.1 Å². The first kappa shape index (κ1) is 15.3. The smallest absolute Gasteiger partial charge is 0.406 e. The summed E-state index contributed by atoms with van der Waals surface area (Å²) in [7, 11) is 0. The predicted octanol–water partition coefficient (Wildman–Crippen LogP) is 3.25. The summed E-state index contributed by atoms with van der Waals surface area (Å²) in [6.07, 6.45) is -3.12. The number of nitrogens with zero attached hydrogens (tertiary/aromatic N) is 2. The summed E-state index contributed by atoms with van der Waals surface area (Å²) in [4.78, 5) is 13.8. The quantitative estimate of drug-likeness (QED) is 0.370. The lowest BCUT2D eigenvalue weighted by molar-refractivity contribution is -0.462. The Kier molecular flexibility index (Phi) is 5.16. The van der Waals surface area contributed by atoms with Gasteiger partial charge in [0.05, 0.1) is 5.69 Å². The molecule has 0 aromatic heterocycles. The van der Waals surface area contributed by atoms with Crippen LogP contribution < -0.4 is 4.74 Å². The number of aliphatic imine (C=N–C) groups is 1. The van der Waals surface area contributed by atoms with Crippen LogP contribution in [0.4, 0.5) is 18.9 Å². The maximum absolute atomic E-state index is 11.9. The zero-order valence-electron chi connectivity index (χ0n) is 9.68. The minimum atomic E-state index is -4.75. The third-order valence-electron chi connectivity index (χ3n) is 1.82. The molecule has 1 aromatic carbocycles. The number of hydrogen-bond acceptors (Lipinski definition) is 5. The molecule has 0 saturated carbocycles. The normalized spacial score (nSPS) is 12.3. The summed E-state index contributed by atoms with van der Waals surface area (Å²) in [5, 5.41) is 10.6. The first-order chi connectivity index (χ1) is 8.80. The zero-order chi connectivity index (χ0) is 14.5. The van der Waals surface area contributed by atoms with Gasteiger partial charge in [-0.15, -0.1) is 24.9 Å². The molecule has 0 atom stereocenters. The van der Waals surface area contributed by atoms with Gasteiger partial charge in [-0.2, -0.15) is 0 Å². The van der Waals surface area contributed by atoms with Crippen LogP contribution in [0, 0.1) is 10.1 Å². The molecule has 0 radical (unpaired) electrons. The Morgan fingerprint density at radius 3 is 2.42 bits per heavy atom. The van der Waals surface area contributed by atoms with E-state index in [0.29, 0.717) is 5.69 Å². The molecule has 9 heteroatoms. The summed E-state index contributed by atoms with van der Waals surface area (Å²) in [6, 6.07) is 4.77. The molecular weight excluding hydrogens is 285 g/mol. The highest BCUT2D eigenvalue weighted by Crippen LogP contribution is 2.25. The fourth-order valence-corrected chi connectivity index (χ4v) is 1.55. The highest BCUT2D eigenvalue weighted by molar-refractivity contribution is 8.13.